The fraction of sp³-hybridized carbons (Fsp3) is 0.800. The maximum absolute atomic E-state index is 11.7. The van der Waals surface area contributed by atoms with Gasteiger partial charge in [0.05, 0.1) is 6.04 Å². The van der Waals surface area contributed by atoms with E-state index in [4.69, 9.17) is 4.74 Å². The average Bonchev–Trinajstić information content (AvgIpc) is 2.77. The fourth-order valence-corrected chi connectivity index (χ4v) is 2.80. The summed E-state index contributed by atoms with van der Waals surface area (Å²) in [6.45, 7) is 2.77. The lowest BCUT2D eigenvalue weighted by Gasteiger charge is -2.39. The van der Waals surface area contributed by atoms with Gasteiger partial charge in [0.25, 0.3) is 5.91 Å². The predicted molar refractivity (Wildman–Crippen MR) is 50.8 cm³/mol. The topological polar surface area (TPSA) is 49.9 Å². The summed E-state index contributed by atoms with van der Waals surface area (Å²) in [6.07, 6.45) is 1.40. The smallest absolute Gasteiger partial charge is 0.254 e. The van der Waals surface area contributed by atoms with Crippen LogP contribution < -0.4 is 0 Å². The third-order valence-corrected chi connectivity index (χ3v) is 3.54. The van der Waals surface area contributed by atoms with Crippen molar-refractivity contribution in [2.45, 2.75) is 38.1 Å². The van der Waals surface area contributed by atoms with Crippen LogP contribution in [0, 0.1) is 0 Å². The van der Waals surface area contributed by atoms with Gasteiger partial charge in [0.15, 0.2) is 6.23 Å². The first-order valence-electron chi connectivity index (χ1n) is 5.44. The number of ether oxygens (including phenoxy) is 1. The second-order valence-electron chi connectivity index (χ2n) is 4.43. The van der Waals surface area contributed by atoms with Crippen molar-refractivity contribution in [3.8, 4) is 0 Å². The first-order valence-corrected chi connectivity index (χ1v) is 5.44. The number of fused-ring (bicyclic) bond motifs is 3. The molecular weight excluding hydrogens is 196 g/mol. The zero-order chi connectivity index (χ0) is 10.6. The molecule has 82 valence electrons. The second kappa shape index (κ2) is 2.95. The van der Waals surface area contributed by atoms with Crippen LogP contribution in [-0.4, -0.2) is 53.1 Å². The van der Waals surface area contributed by atoms with Crippen LogP contribution in [0.4, 0.5) is 0 Å². The minimum absolute atomic E-state index is 0.0418. The molecule has 5 nitrogen and oxygen atoms in total. The summed E-state index contributed by atoms with van der Waals surface area (Å²) in [5, 5.41) is 0. The van der Waals surface area contributed by atoms with Gasteiger partial charge >= 0.3 is 0 Å². The Hall–Kier alpha value is -1.10. The number of hydrogen-bond acceptors (Lipinski definition) is 3. The van der Waals surface area contributed by atoms with E-state index in [1.54, 1.807) is 11.8 Å². The van der Waals surface area contributed by atoms with Crippen LogP contribution >= 0.6 is 0 Å². The van der Waals surface area contributed by atoms with Gasteiger partial charge in [0, 0.05) is 6.54 Å². The molecule has 0 aromatic carbocycles. The minimum atomic E-state index is -0.386. The molecule has 3 fully saturated rings. The Morgan fingerprint density at radius 3 is 2.93 bits per heavy atom. The van der Waals surface area contributed by atoms with Gasteiger partial charge in [-0.1, -0.05) is 0 Å². The number of hydrogen-bond donors (Lipinski definition) is 0. The van der Waals surface area contributed by atoms with Crippen molar-refractivity contribution in [1.29, 1.82) is 0 Å². The van der Waals surface area contributed by atoms with E-state index >= 15 is 0 Å². The molecule has 0 aromatic rings. The van der Waals surface area contributed by atoms with E-state index in [0.717, 1.165) is 19.4 Å². The highest BCUT2D eigenvalue weighted by atomic mass is 16.5. The van der Waals surface area contributed by atoms with Crippen LogP contribution in [0.25, 0.3) is 0 Å². The van der Waals surface area contributed by atoms with Crippen LogP contribution in [0.15, 0.2) is 0 Å². The first kappa shape index (κ1) is 9.15. The maximum atomic E-state index is 11.7. The molecule has 0 spiro atoms. The average molecular weight is 210 g/mol. The van der Waals surface area contributed by atoms with Crippen molar-refractivity contribution < 1.29 is 14.3 Å². The highest BCUT2D eigenvalue weighted by molar-refractivity contribution is 5.89. The van der Waals surface area contributed by atoms with Crippen molar-refractivity contribution >= 4 is 11.8 Å². The van der Waals surface area contributed by atoms with E-state index in [-0.39, 0.29) is 36.7 Å². The molecule has 3 heterocycles. The molecule has 0 aliphatic carbocycles. The maximum Gasteiger partial charge on any atom is 0.254 e. The molecule has 0 radical (unpaired) electrons. The number of amides is 2. The van der Waals surface area contributed by atoms with Gasteiger partial charge < -0.3 is 14.5 Å². The molecule has 2 amide bonds. The number of piperazine rings is 1. The molecule has 0 bridgehead atoms. The SMILES string of the molecule is C[C@H]1OC2C3CCCN3C(=O)CN2C1=O. The summed E-state index contributed by atoms with van der Waals surface area (Å²) in [5.41, 5.74) is 0. The predicted octanol–water partition coefficient (Wildman–Crippen LogP) is -0.436. The molecule has 0 N–H and O–H groups in total. The summed E-state index contributed by atoms with van der Waals surface area (Å²) in [6, 6.07) is 0.0974. The van der Waals surface area contributed by atoms with E-state index in [0.29, 0.717) is 0 Å². The van der Waals surface area contributed by atoms with Crippen LogP contribution in [-0.2, 0) is 14.3 Å². The summed E-state index contributed by atoms with van der Waals surface area (Å²) in [4.78, 5) is 26.9. The summed E-state index contributed by atoms with van der Waals surface area (Å²) in [5.74, 6) is 0.0275. The number of carbonyl (C=O) groups is 2. The molecule has 2 unspecified atom stereocenters. The molecule has 3 aliphatic rings. The minimum Gasteiger partial charge on any atom is -0.343 e. The molecule has 5 heteroatoms. The molecule has 0 saturated carbocycles. The molecule has 3 aliphatic heterocycles. The van der Waals surface area contributed by atoms with Gasteiger partial charge in [0.2, 0.25) is 5.91 Å². The molecule has 3 rings (SSSR count). The van der Waals surface area contributed by atoms with Gasteiger partial charge in [-0.3, -0.25) is 9.59 Å². The largest absolute Gasteiger partial charge is 0.343 e. The monoisotopic (exact) mass is 210 g/mol. The van der Waals surface area contributed by atoms with Gasteiger partial charge in [0.1, 0.15) is 12.6 Å². The van der Waals surface area contributed by atoms with Crippen molar-refractivity contribution in [1.82, 2.24) is 9.80 Å². The van der Waals surface area contributed by atoms with Crippen molar-refractivity contribution in [2.75, 3.05) is 13.1 Å². The first-order chi connectivity index (χ1) is 7.18. The number of rotatable bonds is 0. The standard InChI is InChI=1S/C10H14N2O3/c1-6-9(14)12-5-8(13)11-4-2-3-7(11)10(12)15-6/h6-7,10H,2-5H2,1H3/t6-,7?,10?/m1/s1. The van der Waals surface area contributed by atoms with Crippen LogP contribution in [0.1, 0.15) is 19.8 Å². The zero-order valence-corrected chi connectivity index (χ0v) is 8.68. The lowest BCUT2D eigenvalue weighted by molar-refractivity contribution is -0.153. The lowest BCUT2D eigenvalue weighted by atomic mass is 10.1. The Kier molecular flexibility index (Phi) is 1.80. The summed E-state index contributed by atoms with van der Waals surface area (Å²) >= 11 is 0. The van der Waals surface area contributed by atoms with E-state index in [1.807, 2.05) is 4.90 Å². The fourth-order valence-electron chi connectivity index (χ4n) is 2.80. The lowest BCUT2D eigenvalue weighted by Crippen LogP contribution is -2.58. The van der Waals surface area contributed by atoms with Gasteiger partial charge in [-0.05, 0) is 19.8 Å². The Bertz CT molecular complexity index is 331. The van der Waals surface area contributed by atoms with Gasteiger partial charge in [-0.15, -0.1) is 0 Å². The third kappa shape index (κ3) is 1.13. The Morgan fingerprint density at radius 1 is 1.33 bits per heavy atom. The van der Waals surface area contributed by atoms with Crippen LogP contribution in [0.2, 0.25) is 0 Å². The quantitative estimate of drug-likeness (QED) is 0.545. The highest BCUT2D eigenvalue weighted by Gasteiger charge is 2.51. The Balaban J connectivity index is 1.92. The van der Waals surface area contributed by atoms with E-state index in [9.17, 15) is 9.59 Å². The third-order valence-electron chi connectivity index (χ3n) is 3.54. The van der Waals surface area contributed by atoms with E-state index in [1.165, 1.54) is 0 Å². The van der Waals surface area contributed by atoms with Crippen molar-refractivity contribution in [2.24, 2.45) is 0 Å². The van der Waals surface area contributed by atoms with Gasteiger partial charge in [-0.25, -0.2) is 0 Å². The zero-order valence-electron chi connectivity index (χ0n) is 8.68. The van der Waals surface area contributed by atoms with Crippen LogP contribution in [0.3, 0.4) is 0 Å². The molecular formula is C10H14N2O3. The number of carbonyl (C=O) groups excluding carboxylic acids is 2. The molecule has 3 atom stereocenters. The number of nitrogens with zero attached hydrogens (tertiary/aromatic N) is 2. The normalized spacial score (nSPS) is 39.7. The van der Waals surface area contributed by atoms with Crippen molar-refractivity contribution in [3.63, 3.8) is 0 Å². The second-order valence-corrected chi connectivity index (χ2v) is 4.43. The summed E-state index contributed by atoms with van der Waals surface area (Å²) in [7, 11) is 0. The molecule has 3 saturated heterocycles. The van der Waals surface area contributed by atoms with Crippen LogP contribution in [0.5, 0.6) is 0 Å². The van der Waals surface area contributed by atoms with Gasteiger partial charge in [-0.2, -0.15) is 0 Å². The molecule has 15 heavy (non-hydrogen) atoms. The van der Waals surface area contributed by atoms with E-state index in [2.05, 4.69) is 0 Å². The Labute approximate surface area is 88.0 Å². The van der Waals surface area contributed by atoms with Crippen molar-refractivity contribution in [3.05, 3.63) is 0 Å². The highest BCUT2D eigenvalue weighted by Crippen LogP contribution is 2.32. The summed E-state index contributed by atoms with van der Waals surface area (Å²) < 4.78 is 5.62. The molecule has 0 aromatic heterocycles. The van der Waals surface area contributed by atoms with E-state index < -0.39 is 0 Å². The Morgan fingerprint density at radius 2 is 2.13 bits per heavy atom.